The minimum Gasteiger partial charge on any atom is -0.478 e. The summed E-state index contributed by atoms with van der Waals surface area (Å²) >= 11 is 0. The van der Waals surface area contributed by atoms with Gasteiger partial charge in [0.25, 0.3) is 0 Å². The molecular formula is C37H63N5O8. The van der Waals surface area contributed by atoms with Gasteiger partial charge in [0.1, 0.15) is 6.29 Å². The quantitative estimate of drug-likeness (QED) is 0.197. The molecule has 0 bridgehead atoms. The molecule has 50 heavy (non-hydrogen) atoms. The van der Waals surface area contributed by atoms with Gasteiger partial charge in [-0.25, -0.2) is 4.79 Å². The van der Waals surface area contributed by atoms with Crippen LogP contribution >= 0.6 is 0 Å². The van der Waals surface area contributed by atoms with Crippen molar-refractivity contribution < 1.29 is 40.3 Å². The summed E-state index contributed by atoms with van der Waals surface area (Å²) in [5.74, 6) is -1.45. The molecule has 0 radical (unpaired) electrons. The second kappa shape index (κ2) is 14.2. The van der Waals surface area contributed by atoms with Crippen LogP contribution in [0.15, 0.2) is 59.3 Å². The fourth-order valence-corrected chi connectivity index (χ4v) is 6.96. The summed E-state index contributed by atoms with van der Waals surface area (Å²) in [6, 6.07) is 0. The van der Waals surface area contributed by atoms with Crippen LogP contribution in [0.25, 0.3) is 0 Å². The van der Waals surface area contributed by atoms with E-state index in [1.54, 1.807) is 65.8 Å². The van der Waals surface area contributed by atoms with Gasteiger partial charge in [-0.05, 0) is 116 Å². The van der Waals surface area contributed by atoms with Crippen LogP contribution in [-0.2, 0) is 14.4 Å². The SMILES string of the molecule is C=CC1=CC(C)(C)N(O)C1(C)C.CC1(C)C=C(C(=O)O)C(C)(C)N1O.CC1(C)C=C(C(N)=O)C(C)(C)N1O.CC1(C)C=C(C=O)C(C)(C)N1O. The molecule has 0 aromatic heterocycles. The number of carboxylic acids is 1. The van der Waals surface area contributed by atoms with Gasteiger partial charge >= 0.3 is 5.97 Å². The summed E-state index contributed by atoms with van der Waals surface area (Å²) in [6.07, 6.45) is 9.72. The van der Waals surface area contributed by atoms with Gasteiger partial charge in [0.2, 0.25) is 5.91 Å². The number of primary amides is 1. The third kappa shape index (κ3) is 8.54. The highest BCUT2D eigenvalue weighted by Gasteiger charge is 2.49. The zero-order valence-electron chi connectivity index (χ0n) is 33.0. The molecule has 4 aliphatic rings. The van der Waals surface area contributed by atoms with Crippen LogP contribution in [0.4, 0.5) is 0 Å². The van der Waals surface area contributed by atoms with Crippen molar-refractivity contribution >= 4 is 18.2 Å². The van der Waals surface area contributed by atoms with Crippen LogP contribution in [0.2, 0.25) is 0 Å². The van der Waals surface area contributed by atoms with Crippen LogP contribution in [0.5, 0.6) is 0 Å². The lowest BCUT2D eigenvalue weighted by atomic mass is 9.96. The Balaban J connectivity index is 0.000000334. The molecule has 0 saturated carbocycles. The number of rotatable bonds is 4. The summed E-state index contributed by atoms with van der Waals surface area (Å²) in [6.45, 7) is 33.1. The number of hydroxylamine groups is 8. The number of aliphatic carboxylic acids is 1. The van der Waals surface area contributed by atoms with Crippen molar-refractivity contribution in [3.05, 3.63) is 59.3 Å². The monoisotopic (exact) mass is 705 g/mol. The van der Waals surface area contributed by atoms with E-state index in [-0.39, 0.29) is 16.7 Å². The molecule has 0 aromatic rings. The molecule has 4 aliphatic heterocycles. The first kappa shape index (κ1) is 45.0. The standard InChI is InChI=1S/C10H17NO.C9H16N2O2.C9H15NO3.C9H15NO2/c1-6-8-7-9(2,3)11(12)10(8,4)5;1-8(2)5-6(7(10)12)9(3,4)11(8)13;1-8(2)5-6(7(11)12)9(3,4)10(8)13;1-8(2)5-7(6-11)9(3,4)10(8)12/h6-7,12H,1H2,2-5H3;5,13H,1-4H3,(H2,10,12);5,13H,1-4H3,(H,11,12);5-6,12H,1-4H3. The summed E-state index contributed by atoms with van der Waals surface area (Å²) < 4.78 is 0. The van der Waals surface area contributed by atoms with Crippen molar-refractivity contribution in [3.8, 4) is 0 Å². The molecule has 13 nitrogen and oxygen atoms in total. The lowest BCUT2D eigenvalue weighted by Gasteiger charge is -2.35. The van der Waals surface area contributed by atoms with Gasteiger partial charge in [-0.15, -0.1) is 0 Å². The third-order valence-corrected chi connectivity index (χ3v) is 9.89. The topological polar surface area (TPSA) is 191 Å². The van der Waals surface area contributed by atoms with Crippen LogP contribution in [-0.4, -0.2) is 109 Å². The molecule has 284 valence electrons. The highest BCUT2D eigenvalue weighted by Crippen LogP contribution is 2.40. The minimum absolute atomic E-state index is 0.236. The molecule has 0 unspecified atom stereocenters. The number of carbonyl (C=O) groups is 3. The Labute approximate surface area is 298 Å². The van der Waals surface area contributed by atoms with Crippen LogP contribution in [0, 0.1) is 0 Å². The zero-order chi connectivity index (χ0) is 40.0. The van der Waals surface area contributed by atoms with Crippen molar-refractivity contribution in [2.75, 3.05) is 0 Å². The van der Waals surface area contributed by atoms with Crippen molar-refractivity contribution in [2.45, 2.75) is 155 Å². The Morgan fingerprint density at radius 2 is 0.840 bits per heavy atom. The first-order valence-electron chi connectivity index (χ1n) is 16.5. The van der Waals surface area contributed by atoms with E-state index >= 15 is 0 Å². The highest BCUT2D eigenvalue weighted by molar-refractivity contribution is 5.95. The maximum atomic E-state index is 11.1. The number of carbonyl (C=O) groups excluding carboxylic acids is 2. The summed E-state index contributed by atoms with van der Waals surface area (Å²) in [5.41, 5.74) is 3.34. The second-order valence-electron chi connectivity index (χ2n) is 17.4. The van der Waals surface area contributed by atoms with Gasteiger partial charge in [0, 0.05) is 11.1 Å². The number of nitrogens with zero attached hydrogens (tertiary/aromatic N) is 4. The normalized spacial score (nSPS) is 26.3. The predicted molar refractivity (Wildman–Crippen MR) is 193 cm³/mol. The third-order valence-electron chi connectivity index (χ3n) is 9.89. The van der Waals surface area contributed by atoms with E-state index in [1.807, 2.05) is 75.3 Å². The van der Waals surface area contributed by atoms with Crippen molar-refractivity contribution in [2.24, 2.45) is 5.73 Å². The lowest BCUT2D eigenvalue weighted by molar-refractivity contribution is -0.187. The molecule has 0 spiro atoms. The lowest BCUT2D eigenvalue weighted by Crippen LogP contribution is -2.49. The first-order chi connectivity index (χ1) is 22.0. The second-order valence-corrected chi connectivity index (χ2v) is 17.4. The van der Waals surface area contributed by atoms with Gasteiger partial charge < -0.3 is 31.7 Å². The molecule has 1 amide bonds. The number of hydrogen-bond donors (Lipinski definition) is 6. The van der Waals surface area contributed by atoms with Gasteiger partial charge in [0.15, 0.2) is 0 Å². The van der Waals surface area contributed by atoms with E-state index < -0.39 is 45.1 Å². The molecule has 4 heterocycles. The molecule has 0 aliphatic carbocycles. The predicted octanol–water partition coefficient (Wildman–Crippen LogP) is 5.65. The number of aldehydes is 1. The number of carboxylic acid groups (broad SMARTS) is 1. The largest absolute Gasteiger partial charge is 0.478 e. The van der Waals surface area contributed by atoms with Gasteiger partial charge in [-0.3, -0.25) is 9.59 Å². The highest BCUT2D eigenvalue weighted by atomic mass is 16.5. The average Bonchev–Trinajstić information content (AvgIpc) is 3.41. The van der Waals surface area contributed by atoms with E-state index in [0.29, 0.717) is 11.1 Å². The van der Waals surface area contributed by atoms with E-state index in [9.17, 15) is 35.2 Å². The van der Waals surface area contributed by atoms with E-state index in [1.165, 1.54) is 10.1 Å². The van der Waals surface area contributed by atoms with E-state index in [4.69, 9.17) is 10.8 Å². The minimum atomic E-state index is -0.977. The van der Waals surface area contributed by atoms with Crippen molar-refractivity contribution in [1.82, 2.24) is 20.3 Å². The molecule has 13 heteroatoms. The van der Waals surface area contributed by atoms with Crippen LogP contribution < -0.4 is 5.73 Å². The smallest absolute Gasteiger partial charge is 0.333 e. The van der Waals surface area contributed by atoms with Gasteiger partial charge in [0.05, 0.1) is 49.9 Å². The maximum absolute atomic E-state index is 11.1. The molecule has 0 atom stereocenters. The summed E-state index contributed by atoms with van der Waals surface area (Å²) in [7, 11) is 0. The fraction of sp³-hybridized carbons (Fsp3) is 0.649. The summed E-state index contributed by atoms with van der Waals surface area (Å²) in [4.78, 5) is 32.6. The Bertz CT molecular complexity index is 1370. The van der Waals surface area contributed by atoms with E-state index in [2.05, 4.69) is 6.58 Å². The first-order valence-corrected chi connectivity index (χ1v) is 16.5. The molecule has 0 saturated heterocycles. The molecule has 0 aromatic carbocycles. The molecule has 4 rings (SSSR count). The van der Waals surface area contributed by atoms with Crippen LogP contribution in [0.3, 0.4) is 0 Å². The van der Waals surface area contributed by atoms with Crippen molar-refractivity contribution in [3.63, 3.8) is 0 Å². The number of hydrogen-bond acceptors (Lipinski definition) is 11. The van der Waals surface area contributed by atoms with Gasteiger partial charge in [-0.1, -0.05) is 37.0 Å². The van der Waals surface area contributed by atoms with Crippen molar-refractivity contribution in [1.29, 1.82) is 0 Å². The van der Waals surface area contributed by atoms with E-state index in [0.717, 1.165) is 22.0 Å². The van der Waals surface area contributed by atoms with Gasteiger partial charge in [-0.2, -0.15) is 20.3 Å². The Morgan fingerprint density at radius 1 is 0.560 bits per heavy atom. The molecule has 0 fully saturated rings. The summed E-state index contributed by atoms with van der Waals surface area (Å²) in [5, 5.41) is 52.7. The fourth-order valence-electron chi connectivity index (χ4n) is 6.96. The zero-order valence-corrected chi connectivity index (χ0v) is 33.0. The molecule has 7 N–H and O–H groups in total. The van der Waals surface area contributed by atoms with Crippen LogP contribution in [0.1, 0.15) is 111 Å². The number of amides is 1. The maximum Gasteiger partial charge on any atom is 0.333 e. The number of nitrogens with two attached hydrogens (primary N) is 1. The molecular weight excluding hydrogens is 642 g/mol. The Kier molecular flexibility index (Phi) is 12.8. The Morgan fingerprint density at radius 3 is 0.960 bits per heavy atom. The average molecular weight is 706 g/mol. The Hall–Kier alpha value is -3.01.